The van der Waals surface area contributed by atoms with Crippen LogP contribution in [0.1, 0.15) is 97.3 Å². The van der Waals surface area contributed by atoms with Crippen molar-refractivity contribution >= 4 is 0 Å². The summed E-state index contributed by atoms with van der Waals surface area (Å²) in [6.07, 6.45) is 18.8. The Morgan fingerprint density at radius 1 is 0.750 bits per heavy atom. The van der Waals surface area contributed by atoms with Crippen molar-refractivity contribution in [2.75, 3.05) is 19.6 Å². The molecule has 1 nitrogen and oxygen atoms in total. The molecule has 1 fully saturated rings. The molecule has 0 aliphatic carbocycles. The van der Waals surface area contributed by atoms with E-state index in [1.54, 1.807) is 0 Å². The number of nitrogens with zero attached hydrogens (tertiary/aromatic N) is 1. The number of rotatable bonds is 13. The monoisotopic (exact) mass is 281 g/mol. The predicted octanol–water partition coefficient (Wildman–Crippen LogP) is 6.03. The molecular weight excluding hydrogens is 242 g/mol. The smallest absolute Gasteiger partial charge is 0.00101 e. The Morgan fingerprint density at radius 2 is 1.35 bits per heavy atom. The fraction of sp³-hybridized carbons (Fsp3) is 1.00. The number of hydrogen-bond acceptors (Lipinski definition) is 1. The summed E-state index contributed by atoms with van der Waals surface area (Å²) in [6, 6.07) is 0. The molecule has 0 aromatic carbocycles. The van der Waals surface area contributed by atoms with Crippen LogP contribution >= 0.6 is 0 Å². The first kappa shape index (κ1) is 18.0. The van der Waals surface area contributed by atoms with Gasteiger partial charge < -0.3 is 4.90 Å². The average molecular weight is 282 g/mol. The van der Waals surface area contributed by atoms with Gasteiger partial charge in [-0.15, -0.1) is 0 Å². The van der Waals surface area contributed by atoms with Crippen LogP contribution in [0.15, 0.2) is 0 Å². The Kier molecular flexibility index (Phi) is 11.4. The van der Waals surface area contributed by atoms with Crippen molar-refractivity contribution in [2.24, 2.45) is 5.92 Å². The van der Waals surface area contributed by atoms with Gasteiger partial charge >= 0.3 is 0 Å². The van der Waals surface area contributed by atoms with E-state index < -0.39 is 0 Å². The summed E-state index contributed by atoms with van der Waals surface area (Å²) < 4.78 is 0. The molecule has 1 atom stereocenters. The molecule has 0 N–H and O–H groups in total. The molecule has 0 bridgehead atoms. The van der Waals surface area contributed by atoms with Gasteiger partial charge in [0.15, 0.2) is 0 Å². The molecule has 20 heavy (non-hydrogen) atoms. The maximum Gasteiger partial charge on any atom is 0.00101 e. The summed E-state index contributed by atoms with van der Waals surface area (Å²) in [5.74, 6) is 1.02. The van der Waals surface area contributed by atoms with E-state index in [4.69, 9.17) is 0 Å². The van der Waals surface area contributed by atoms with Crippen LogP contribution in [0.2, 0.25) is 0 Å². The lowest BCUT2D eigenvalue weighted by Crippen LogP contribution is -2.21. The summed E-state index contributed by atoms with van der Waals surface area (Å²) in [5, 5.41) is 0. The lowest BCUT2D eigenvalue weighted by molar-refractivity contribution is 0.311. The van der Waals surface area contributed by atoms with E-state index in [0.717, 1.165) is 5.92 Å². The van der Waals surface area contributed by atoms with E-state index in [2.05, 4.69) is 18.7 Å². The molecule has 0 amide bonds. The molecule has 1 heterocycles. The zero-order chi connectivity index (χ0) is 14.5. The summed E-state index contributed by atoms with van der Waals surface area (Å²) in [7, 11) is 0. The Morgan fingerprint density at radius 3 is 1.95 bits per heavy atom. The highest BCUT2D eigenvalue weighted by Crippen LogP contribution is 2.21. The second-order valence-electron chi connectivity index (χ2n) is 6.93. The molecule has 0 saturated carbocycles. The molecule has 1 heteroatoms. The molecule has 1 rings (SSSR count). The highest BCUT2D eigenvalue weighted by atomic mass is 15.1. The third-order valence-corrected chi connectivity index (χ3v) is 4.89. The number of hydrogen-bond donors (Lipinski definition) is 0. The molecule has 1 unspecified atom stereocenters. The predicted molar refractivity (Wildman–Crippen MR) is 91.3 cm³/mol. The van der Waals surface area contributed by atoms with Crippen LogP contribution in [-0.2, 0) is 0 Å². The van der Waals surface area contributed by atoms with Crippen LogP contribution in [0.4, 0.5) is 0 Å². The van der Waals surface area contributed by atoms with Crippen molar-refractivity contribution in [2.45, 2.75) is 97.3 Å². The molecule has 1 saturated heterocycles. The molecule has 0 aromatic rings. The first-order valence-electron chi connectivity index (χ1n) is 9.59. The van der Waals surface area contributed by atoms with Gasteiger partial charge in [0.1, 0.15) is 0 Å². The summed E-state index contributed by atoms with van der Waals surface area (Å²) in [5.41, 5.74) is 0. The van der Waals surface area contributed by atoms with Crippen molar-refractivity contribution in [1.29, 1.82) is 0 Å². The van der Waals surface area contributed by atoms with E-state index in [-0.39, 0.29) is 0 Å². The van der Waals surface area contributed by atoms with Crippen molar-refractivity contribution < 1.29 is 0 Å². The molecule has 0 spiro atoms. The van der Waals surface area contributed by atoms with E-state index in [1.165, 1.54) is 103 Å². The van der Waals surface area contributed by atoms with E-state index in [9.17, 15) is 0 Å². The van der Waals surface area contributed by atoms with Gasteiger partial charge in [-0.1, -0.05) is 78.1 Å². The number of unbranched alkanes of at least 4 members (excludes halogenated alkanes) is 9. The minimum absolute atomic E-state index is 1.02. The van der Waals surface area contributed by atoms with Crippen molar-refractivity contribution in [3.63, 3.8) is 0 Å². The Balaban J connectivity index is 1.79. The van der Waals surface area contributed by atoms with Crippen LogP contribution < -0.4 is 0 Å². The zero-order valence-electron chi connectivity index (χ0n) is 14.3. The third-order valence-electron chi connectivity index (χ3n) is 4.89. The van der Waals surface area contributed by atoms with E-state index in [1.807, 2.05) is 0 Å². The van der Waals surface area contributed by atoms with Crippen LogP contribution in [-0.4, -0.2) is 24.5 Å². The second-order valence-corrected chi connectivity index (χ2v) is 6.93. The molecular formula is C19H39N. The van der Waals surface area contributed by atoms with Gasteiger partial charge in [0, 0.05) is 6.54 Å². The Bertz CT molecular complexity index is 202. The SMILES string of the molecule is CCCCCCCCCCCCN1CCC(CCC)C1. The minimum atomic E-state index is 1.02. The van der Waals surface area contributed by atoms with E-state index in [0.29, 0.717) is 0 Å². The van der Waals surface area contributed by atoms with Gasteiger partial charge in [-0.25, -0.2) is 0 Å². The lowest BCUT2D eigenvalue weighted by atomic mass is 10.0. The lowest BCUT2D eigenvalue weighted by Gasteiger charge is -2.15. The molecule has 120 valence electrons. The van der Waals surface area contributed by atoms with Crippen LogP contribution in [0.5, 0.6) is 0 Å². The second kappa shape index (κ2) is 12.7. The highest BCUT2D eigenvalue weighted by molar-refractivity contribution is 4.74. The van der Waals surface area contributed by atoms with Crippen molar-refractivity contribution in [3.8, 4) is 0 Å². The topological polar surface area (TPSA) is 3.24 Å². The quantitative estimate of drug-likeness (QED) is 0.373. The van der Waals surface area contributed by atoms with Crippen LogP contribution in [0.25, 0.3) is 0 Å². The Hall–Kier alpha value is -0.0400. The molecule has 1 aliphatic heterocycles. The maximum atomic E-state index is 2.71. The van der Waals surface area contributed by atoms with Crippen molar-refractivity contribution in [3.05, 3.63) is 0 Å². The van der Waals surface area contributed by atoms with Gasteiger partial charge in [-0.05, 0) is 38.3 Å². The standard InChI is InChI=1S/C19H39N/c1-3-5-6-7-8-9-10-11-12-13-16-20-17-15-19(18-20)14-4-2/h19H,3-18H2,1-2H3. The van der Waals surface area contributed by atoms with Crippen molar-refractivity contribution in [1.82, 2.24) is 4.90 Å². The fourth-order valence-electron chi connectivity index (χ4n) is 3.58. The van der Waals surface area contributed by atoms with Gasteiger partial charge in [-0.2, -0.15) is 0 Å². The van der Waals surface area contributed by atoms with Gasteiger partial charge in [0.05, 0.1) is 0 Å². The van der Waals surface area contributed by atoms with Gasteiger partial charge in [0.2, 0.25) is 0 Å². The van der Waals surface area contributed by atoms with Gasteiger partial charge in [0.25, 0.3) is 0 Å². The highest BCUT2D eigenvalue weighted by Gasteiger charge is 2.20. The van der Waals surface area contributed by atoms with Crippen LogP contribution in [0.3, 0.4) is 0 Å². The molecule has 0 radical (unpaired) electrons. The summed E-state index contributed by atoms with van der Waals surface area (Å²) in [4.78, 5) is 2.71. The summed E-state index contributed by atoms with van der Waals surface area (Å²) in [6.45, 7) is 8.76. The average Bonchev–Trinajstić information content (AvgIpc) is 2.89. The minimum Gasteiger partial charge on any atom is -0.303 e. The summed E-state index contributed by atoms with van der Waals surface area (Å²) >= 11 is 0. The first-order valence-corrected chi connectivity index (χ1v) is 9.59. The Labute approximate surface area is 128 Å². The molecule has 1 aliphatic rings. The van der Waals surface area contributed by atoms with Gasteiger partial charge in [-0.3, -0.25) is 0 Å². The first-order chi connectivity index (χ1) is 9.86. The maximum absolute atomic E-state index is 2.71. The third kappa shape index (κ3) is 9.00. The van der Waals surface area contributed by atoms with Crippen LogP contribution in [0, 0.1) is 5.92 Å². The largest absolute Gasteiger partial charge is 0.303 e. The molecule has 0 aromatic heterocycles. The normalized spacial score (nSPS) is 19.8. The number of likely N-dealkylation sites (tertiary alicyclic amines) is 1. The van der Waals surface area contributed by atoms with E-state index >= 15 is 0 Å². The zero-order valence-corrected chi connectivity index (χ0v) is 14.3. The fourth-order valence-corrected chi connectivity index (χ4v) is 3.58.